The van der Waals surface area contributed by atoms with Gasteiger partial charge in [-0.05, 0) is 54.7 Å². The van der Waals surface area contributed by atoms with Crippen LogP contribution in [0.4, 0.5) is 0 Å². The maximum atomic E-state index is 12.2. The summed E-state index contributed by atoms with van der Waals surface area (Å²) in [6.07, 6.45) is 18.6. The molecular weight excluding hydrogens is 400 g/mol. The Balaban J connectivity index is 1.65. The van der Waals surface area contributed by atoms with E-state index in [1.165, 1.54) is 51.4 Å². The lowest BCUT2D eigenvalue weighted by Gasteiger charge is -2.33. The average molecular weight is 439 g/mol. The van der Waals surface area contributed by atoms with Gasteiger partial charge in [-0.3, -0.25) is 0 Å². The number of ether oxygens (including phenoxy) is 2. The second-order valence-corrected chi connectivity index (χ2v) is 9.18. The molecule has 1 fully saturated rings. The number of aliphatic hydroxyl groups excluding tert-OH is 1. The van der Waals surface area contributed by atoms with E-state index in [9.17, 15) is 9.90 Å². The van der Waals surface area contributed by atoms with Crippen LogP contribution < -0.4 is 9.47 Å². The normalized spacial score (nSPS) is 22.8. The van der Waals surface area contributed by atoms with Crippen molar-refractivity contribution in [2.75, 3.05) is 13.7 Å². The van der Waals surface area contributed by atoms with Crippen LogP contribution >= 0.6 is 0 Å². The number of carbonyl (C=O) groups excluding carboxylic acids is 1. The minimum atomic E-state index is -0.629. The average Bonchev–Trinajstić information content (AvgIpc) is 2.84. The van der Waals surface area contributed by atoms with Crippen LogP contribution in [0.2, 0.25) is 0 Å². The number of unbranched alkanes of at least 4 members (excludes halogenated alkanes) is 2. The molecule has 1 N–H and O–H groups in total. The van der Waals surface area contributed by atoms with Crippen molar-refractivity contribution in [3.8, 4) is 11.5 Å². The monoisotopic (exact) mass is 438 g/mol. The first kappa shape index (κ1) is 24.3. The molecule has 4 heteroatoms. The number of benzene rings is 1. The van der Waals surface area contributed by atoms with Crippen molar-refractivity contribution in [3.05, 3.63) is 54.1 Å². The molecule has 32 heavy (non-hydrogen) atoms. The standard InChI is InChI=1S/C28H38O4/c1-4-5-6-8-21-11-13-22(14-12-21)23-15-17-24(18-16-23)27-25(31-3)9-7-10-26(27)32-28(30)20(2)19-29/h7,9-10,15,17-18,21-23,29H,2,4-6,8,11-14,16,19H2,1,3H3. The van der Waals surface area contributed by atoms with Gasteiger partial charge in [0, 0.05) is 0 Å². The quantitative estimate of drug-likeness (QED) is 0.196. The molecule has 174 valence electrons. The summed E-state index contributed by atoms with van der Waals surface area (Å²) in [6.45, 7) is 5.41. The van der Waals surface area contributed by atoms with Gasteiger partial charge in [0.2, 0.25) is 0 Å². The fraction of sp³-hybridized carbons (Fsp3) is 0.536. The van der Waals surface area contributed by atoms with E-state index in [-0.39, 0.29) is 5.57 Å². The van der Waals surface area contributed by atoms with E-state index in [2.05, 4.69) is 31.7 Å². The first-order valence-corrected chi connectivity index (χ1v) is 12.1. The second kappa shape index (κ2) is 12.1. The van der Waals surface area contributed by atoms with Gasteiger partial charge in [0.25, 0.3) is 0 Å². The van der Waals surface area contributed by atoms with Crippen LogP contribution in [-0.2, 0) is 4.79 Å². The van der Waals surface area contributed by atoms with Crippen LogP contribution in [0, 0.1) is 17.8 Å². The third kappa shape index (κ3) is 6.13. The third-order valence-corrected chi connectivity index (χ3v) is 7.02. The van der Waals surface area contributed by atoms with Crippen LogP contribution in [0.5, 0.6) is 11.5 Å². The Morgan fingerprint density at radius 1 is 1.16 bits per heavy atom. The summed E-state index contributed by atoms with van der Waals surface area (Å²) >= 11 is 0. The maximum Gasteiger partial charge on any atom is 0.341 e. The smallest absolute Gasteiger partial charge is 0.341 e. The van der Waals surface area contributed by atoms with E-state index < -0.39 is 12.6 Å². The fourth-order valence-electron chi connectivity index (χ4n) is 5.05. The second-order valence-electron chi connectivity index (χ2n) is 9.18. The molecule has 1 unspecified atom stereocenters. The molecule has 0 aromatic heterocycles. The third-order valence-electron chi connectivity index (χ3n) is 7.02. The van der Waals surface area contributed by atoms with Gasteiger partial charge in [0.05, 0.1) is 24.9 Å². The molecule has 1 aromatic rings. The van der Waals surface area contributed by atoms with Crippen LogP contribution in [0.15, 0.2) is 48.6 Å². The van der Waals surface area contributed by atoms with Gasteiger partial charge in [0.15, 0.2) is 0 Å². The Bertz CT molecular complexity index is 843. The lowest BCUT2D eigenvalue weighted by Crippen LogP contribution is -2.21. The zero-order chi connectivity index (χ0) is 22.9. The number of allylic oxidation sites excluding steroid dienone is 4. The molecule has 0 radical (unpaired) electrons. The Morgan fingerprint density at radius 2 is 1.91 bits per heavy atom. The first-order valence-electron chi connectivity index (χ1n) is 12.1. The summed E-state index contributed by atoms with van der Waals surface area (Å²) in [7, 11) is 1.62. The highest BCUT2D eigenvalue weighted by molar-refractivity contribution is 5.91. The minimum Gasteiger partial charge on any atom is -0.496 e. The molecule has 0 bridgehead atoms. The molecule has 4 nitrogen and oxygen atoms in total. The number of aliphatic hydroxyl groups is 1. The largest absolute Gasteiger partial charge is 0.496 e. The molecule has 1 atom stereocenters. The fourth-order valence-corrected chi connectivity index (χ4v) is 5.05. The molecule has 3 rings (SSSR count). The molecule has 2 aliphatic rings. The molecule has 0 aliphatic heterocycles. The van der Waals surface area contributed by atoms with Gasteiger partial charge in [-0.15, -0.1) is 0 Å². The molecule has 0 spiro atoms. The molecular formula is C28H38O4. The van der Waals surface area contributed by atoms with Crippen molar-refractivity contribution in [3.63, 3.8) is 0 Å². The molecule has 0 heterocycles. The predicted octanol–water partition coefficient (Wildman–Crippen LogP) is 6.50. The van der Waals surface area contributed by atoms with Gasteiger partial charge >= 0.3 is 5.97 Å². The highest BCUT2D eigenvalue weighted by Crippen LogP contribution is 2.42. The number of hydrogen-bond donors (Lipinski definition) is 1. The minimum absolute atomic E-state index is 0.0253. The van der Waals surface area contributed by atoms with E-state index in [0.717, 1.165) is 29.4 Å². The summed E-state index contributed by atoms with van der Waals surface area (Å²) in [6, 6.07) is 5.41. The van der Waals surface area contributed by atoms with E-state index in [1.807, 2.05) is 6.07 Å². The molecule has 1 aromatic carbocycles. The number of methoxy groups -OCH3 is 1. The van der Waals surface area contributed by atoms with Crippen molar-refractivity contribution >= 4 is 11.5 Å². The van der Waals surface area contributed by atoms with Crippen molar-refractivity contribution in [2.45, 2.75) is 64.7 Å². The zero-order valence-electron chi connectivity index (χ0n) is 19.6. The highest BCUT2D eigenvalue weighted by Gasteiger charge is 2.27. The maximum absolute atomic E-state index is 12.2. The number of carbonyl (C=O) groups is 1. The Kier molecular flexibility index (Phi) is 9.16. The van der Waals surface area contributed by atoms with Crippen LogP contribution in [-0.4, -0.2) is 24.8 Å². The lowest BCUT2D eigenvalue weighted by atomic mass is 9.72. The van der Waals surface area contributed by atoms with E-state index in [4.69, 9.17) is 9.47 Å². The van der Waals surface area contributed by atoms with Crippen LogP contribution in [0.1, 0.15) is 70.3 Å². The summed E-state index contributed by atoms with van der Waals surface area (Å²) < 4.78 is 11.1. The van der Waals surface area contributed by atoms with Gasteiger partial charge in [-0.2, -0.15) is 0 Å². The lowest BCUT2D eigenvalue weighted by molar-refractivity contribution is -0.130. The zero-order valence-corrected chi connectivity index (χ0v) is 19.6. The summed E-state index contributed by atoms with van der Waals surface area (Å²) in [5.41, 5.74) is 1.80. The van der Waals surface area contributed by atoms with E-state index >= 15 is 0 Å². The topological polar surface area (TPSA) is 55.8 Å². The van der Waals surface area contributed by atoms with Crippen molar-refractivity contribution in [1.29, 1.82) is 0 Å². The first-order chi connectivity index (χ1) is 15.6. The molecule has 0 amide bonds. The van der Waals surface area contributed by atoms with Crippen LogP contribution in [0.3, 0.4) is 0 Å². The van der Waals surface area contributed by atoms with E-state index in [1.54, 1.807) is 19.2 Å². The van der Waals surface area contributed by atoms with Crippen molar-refractivity contribution < 1.29 is 19.4 Å². The Labute approximate surface area is 193 Å². The molecule has 1 saturated carbocycles. The summed E-state index contributed by atoms with van der Waals surface area (Å²) in [4.78, 5) is 12.2. The van der Waals surface area contributed by atoms with Gasteiger partial charge in [0.1, 0.15) is 11.5 Å². The summed E-state index contributed by atoms with van der Waals surface area (Å²) in [5, 5.41) is 9.18. The van der Waals surface area contributed by atoms with Gasteiger partial charge in [-0.25, -0.2) is 4.79 Å². The van der Waals surface area contributed by atoms with Gasteiger partial charge < -0.3 is 14.6 Å². The predicted molar refractivity (Wildman–Crippen MR) is 130 cm³/mol. The number of esters is 1. The molecule has 2 aliphatic carbocycles. The van der Waals surface area contributed by atoms with E-state index in [0.29, 0.717) is 17.4 Å². The number of hydrogen-bond acceptors (Lipinski definition) is 4. The highest BCUT2D eigenvalue weighted by atomic mass is 16.5. The number of rotatable bonds is 10. The van der Waals surface area contributed by atoms with Crippen molar-refractivity contribution in [2.24, 2.45) is 17.8 Å². The van der Waals surface area contributed by atoms with Crippen LogP contribution in [0.25, 0.3) is 5.57 Å². The SMILES string of the molecule is C=C(CO)C(=O)Oc1cccc(OC)c1C1=CCC(C2CCC(CCCCC)CC2)C=C1. The van der Waals surface area contributed by atoms with Crippen molar-refractivity contribution in [1.82, 2.24) is 0 Å². The molecule has 0 saturated heterocycles. The summed E-state index contributed by atoms with van der Waals surface area (Å²) in [5.74, 6) is 2.71. The Hall–Kier alpha value is -2.33. The van der Waals surface area contributed by atoms with Gasteiger partial charge in [-0.1, -0.05) is 76.3 Å². The Morgan fingerprint density at radius 3 is 2.53 bits per heavy atom.